The molecule has 4 N–H and O–H groups in total. The van der Waals surface area contributed by atoms with Crippen molar-refractivity contribution in [3.8, 4) is 0 Å². The van der Waals surface area contributed by atoms with Crippen molar-refractivity contribution in [2.24, 2.45) is 0 Å². The topological polar surface area (TPSA) is 94.1 Å². The Labute approximate surface area is 174 Å². The summed E-state index contributed by atoms with van der Waals surface area (Å²) in [6.45, 7) is 0. The summed E-state index contributed by atoms with van der Waals surface area (Å²) in [5.74, 6) is -0.382. The normalized spacial score (nSPS) is 14.7. The molecule has 0 bridgehead atoms. The summed E-state index contributed by atoms with van der Waals surface area (Å²) < 4.78 is 0. The zero-order valence-corrected chi connectivity index (χ0v) is 16.8. The maximum atomic E-state index is 12.8. The summed E-state index contributed by atoms with van der Waals surface area (Å²) in [6.07, 6.45) is 5.51. The van der Waals surface area contributed by atoms with Gasteiger partial charge in [0.25, 0.3) is 5.91 Å². The highest BCUT2D eigenvalue weighted by Crippen LogP contribution is 2.44. The molecule has 1 aliphatic rings. The van der Waals surface area contributed by atoms with Crippen LogP contribution in [0, 0.1) is 5.41 Å². The third-order valence-corrected chi connectivity index (χ3v) is 5.32. The van der Waals surface area contributed by atoms with Crippen LogP contribution in [0.15, 0.2) is 60.8 Å². The molecule has 0 spiro atoms. The van der Waals surface area contributed by atoms with Gasteiger partial charge in [-0.1, -0.05) is 36.2 Å². The van der Waals surface area contributed by atoms with Gasteiger partial charge in [-0.25, -0.2) is 0 Å². The quantitative estimate of drug-likeness (QED) is 0.430. The van der Waals surface area contributed by atoms with Gasteiger partial charge in [0.05, 0.1) is 5.41 Å². The molecule has 2 aromatic carbocycles. The molecule has 6 nitrogen and oxygen atoms in total. The van der Waals surface area contributed by atoms with Crippen molar-refractivity contribution < 1.29 is 9.59 Å². The fourth-order valence-corrected chi connectivity index (χ4v) is 3.52. The van der Waals surface area contributed by atoms with Gasteiger partial charge in [0.2, 0.25) is 5.91 Å². The molecule has 2 aromatic rings. The first-order valence-corrected chi connectivity index (χ1v) is 9.74. The molecule has 0 radical (unpaired) electrons. The molecule has 0 saturated heterocycles. The van der Waals surface area contributed by atoms with Gasteiger partial charge in [-0.05, 0) is 61.0 Å². The Balaban J connectivity index is 1.71. The van der Waals surface area contributed by atoms with Gasteiger partial charge in [-0.15, -0.1) is 0 Å². The maximum absolute atomic E-state index is 12.8. The first kappa shape index (κ1) is 20.6. The van der Waals surface area contributed by atoms with Gasteiger partial charge in [0.15, 0.2) is 0 Å². The number of amides is 2. The molecule has 29 heavy (non-hydrogen) atoms. The number of hydrogen-bond acceptors (Lipinski definition) is 4. The van der Waals surface area contributed by atoms with Crippen molar-refractivity contribution in [1.29, 1.82) is 5.41 Å². The minimum Gasteiger partial charge on any atom is -0.394 e. The average molecular weight is 411 g/mol. The first-order chi connectivity index (χ1) is 13.9. The summed E-state index contributed by atoms with van der Waals surface area (Å²) in [6, 6.07) is 14.0. The van der Waals surface area contributed by atoms with Gasteiger partial charge in [-0.2, -0.15) is 0 Å². The minimum atomic E-state index is -0.630. The van der Waals surface area contributed by atoms with Gasteiger partial charge < -0.3 is 16.0 Å². The second-order valence-corrected chi connectivity index (χ2v) is 7.40. The first-order valence-electron chi connectivity index (χ1n) is 9.36. The van der Waals surface area contributed by atoms with Crippen LogP contribution in [-0.2, 0) is 10.2 Å². The van der Waals surface area contributed by atoms with Gasteiger partial charge in [0.1, 0.15) is 5.84 Å². The standard InChI is InChI=1S/C22H23ClN4O2/c1-25-13-10-19(24)27-21(29)22(11-3-12-22)16-6-8-18(9-7-16)26-20(28)15-4-2-5-17(23)14-15/h2,4-10,13-14,25H,3,11-12H2,1H3,(H,26,28)(H2,24,27,29)/b13-10-. The van der Waals surface area contributed by atoms with Crippen molar-refractivity contribution in [3.05, 3.63) is 77.0 Å². The number of anilines is 1. The van der Waals surface area contributed by atoms with Gasteiger partial charge in [-0.3, -0.25) is 15.0 Å². The lowest BCUT2D eigenvalue weighted by atomic mass is 9.63. The molecular weight excluding hydrogens is 388 g/mol. The molecule has 0 heterocycles. The molecule has 150 valence electrons. The number of hydrogen-bond donors (Lipinski definition) is 4. The van der Waals surface area contributed by atoms with Crippen molar-refractivity contribution in [2.45, 2.75) is 24.7 Å². The van der Waals surface area contributed by atoms with E-state index in [-0.39, 0.29) is 17.6 Å². The second-order valence-electron chi connectivity index (χ2n) is 6.97. The zero-order chi connectivity index (χ0) is 20.9. The monoisotopic (exact) mass is 410 g/mol. The van der Waals surface area contributed by atoms with E-state index in [1.807, 2.05) is 12.1 Å². The lowest BCUT2D eigenvalue weighted by Crippen LogP contribution is -2.50. The Morgan fingerprint density at radius 3 is 2.45 bits per heavy atom. The maximum Gasteiger partial charge on any atom is 0.255 e. The van der Waals surface area contributed by atoms with Crippen LogP contribution in [0.2, 0.25) is 5.02 Å². The summed E-state index contributed by atoms with van der Waals surface area (Å²) in [7, 11) is 1.73. The molecule has 1 aliphatic carbocycles. The van der Waals surface area contributed by atoms with Crippen LogP contribution < -0.4 is 16.0 Å². The highest BCUT2D eigenvalue weighted by molar-refractivity contribution is 6.31. The summed E-state index contributed by atoms with van der Waals surface area (Å²) in [5.41, 5.74) is 1.37. The van der Waals surface area contributed by atoms with E-state index in [1.54, 1.807) is 49.6 Å². The van der Waals surface area contributed by atoms with Crippen LogP contribution in [-0.4, -0.2) is 24.7 Å². The zero-order valence-electron chi connectivity index (χ0n) is 16.1. The van der Waals surface area contributed by atoms with E-state index in [0.717, 1.165) is 24.8 Å². The molecule has 1 fully saturated rings. The third-order valence-electron chi connectivity index (χ3n) is 5.09. The SMILES string of the molecule is CN/C=C\C(=N)NC(=O)C1(c2ccc(NC(=O)c3cccc(Cl)c3)cc2)CCC1. The molecule has 3 rings (SSSR count). The third kappa shape index (κ3) is 4.66. The van der Waals surface area contributed by atoms with E-state index in [9.17, 15) is 9.59 Å². The Hall–Kier alpha value is -3.12. The smallest absolute Gasteiger partial charge is 0.255 e. The summed E-state index contributed by atoms with van der Waals surface area (Å²) >= 11 is 5.94. The van der Waals surface area contributed by atoms with Crippen molar-refractivity contribution in [1.82, 2.24) is 10.6 Å². The van der Waals surface area contributed by atoms with Crippen molar-refractivity contribution >= 4 is 34.9 Å². The Morgan fingerprint density at radius 1 is 1.14 bits per heavy atom. The van der Waals surface area contributed by atoms with E-state index in [2.05, 4.69) is 16.0 Å². The summed E-state index contributed by atoms with van der Waals surface area (Å²) in [5, 5.41) is 16.7. The van der Waals surface area contributed by atoms with Crippen LogP contribution in [0.5, 0.6) is 0 Å². The van der Waals surface area contributed by atoms with E-state index in [4.69, 9.17) is 17.0 Å². The molecular formula is C22H23ClN4O2. The van der Waals surface area contributed by atoms with E-state index in [1.165, 1.54) is 6.08 Å². The minimum absolute atomic E-state index is 0.0426. The van der Waals surface area contributed by atoms with Crippen LogP contribution in [0.25, 0.3) is 0 Å². The second kappa shape index (κ2) is 8.92. The predicted molar refractivity (Wildman–Crippen MR) is 115 cm³/mol. The Bertz CT molecular complexity index is 950. The molecule has 1 saturated carbocycles. The summed E-state index contributed by atoms with van der Waals surface area (Å²) in [4.78, 5) is 25.2. The molecule has 0 unspecified atom stereocenters. The number of benzene rings is 2. The number of carbonyl (C=O) groups excluding carboxylic acids is 2. The average Bonchev–Trinajstić information content (AvgIpc) is 2.66. The molecule has 0 aliphatic heterocycles. The van der Waals surface area contributed by atoms with Crippen molar-refractivity contribution in [2.75, 3.05) is 12.4 Å². The van der Waals surface area contributed by atoms with Gasteiger partial charge >= 0.3 is 0 Å². The molecule has 7 heteroatoms. The number of carbonyl (C=O) groups is 2. The lowest BCUT2D eigenvalue weighted by Gasteiger charge is -2.40. The number of amidine groups is 1. The molecule has 0 aromatic heterocycles. The van der Waals surface area contributed by atoms with Crippen LogP contribution >= 0.6 is 11.6 Å². The number of rotatable bonds is 6. The van der Waals surface area contributed by atoms with Crippen molar-refractivity contribution in [3.63, 3.8) is 0 Å². The predicted octanol–water partition coefficient (Wildman–Crippen LogP) is 3.84. The van der Waals surface area contributed by atoms with Crippen LogP contribution in [0.3, 0.4) is 0 Å². The Kier molecular flexibility index (Phi) is 6.34. The lowest BCUT2D eigenvalue weighted by molar-refractivity contribution is -0.128. The molecule has 2 amide bonds. The molecule has 0 atom stereocenters. The van der Waals surface area contributed by atoms with E-state index in [0.29, 0.717) is 16.3 Å². The van der Waals surface area contributed by atoms with E-state index < -0.39 is 5.41 Å². The van der Waals surface area contributed by atoms with Crippen LogP contribution in [0.1, 0.15) is 35.2 Å². The number of halogens is 1. The Morgan fingerprint density at radius 2 is 1.86 bits per heavy atom. The number of nitrogens with one attached hydrogen (secondary N) is 4. The largest absolute Gasteiger partial charge is 0.394 e. The fourth-order valence-electron chi connectivity index (χ4n) is 3.33. The highest BCUT2D eigenvalue weighted by Gasteiger charge is 2.45. The van der Waals surface area contributed by atoms with E-state index >= 15 is 0 Å². The van der Waals surface area contributed by atoms with Gasteiger partial charge in [0, 0.05) is 23.3 Å². The fraction of sp³-hybridized carbons (Fsp3) is 0.227. The highest BCUT2D eigenvalue weighted by atomic mass is 35.5. The van der Waals surface area contributed by atoms with Crippen LogP contribution in [0.4, 0.5) is 5.69 Å².